The van der Waals surface area contributed by atoms with Crippen LogP contribution in [0.25, 0.3) is 0 Å². The Bertz CT molecular complexity index is 1410. The molecule has 1 aliphatic heterocycles. The molecule has 5 amide bonds. The number of piperidine rings is 1. The number of Topliss-reactive ketones (excluding diaryl/α,β-unsaturated/α-hetero) is 1. The first-order valence-electron chi connectivity index (χ1n) is 19.0. The molecule has 0 aromatic heterocycles. The summed E-state index contributed by atoms with van der Waals surface area (Å²) in [5, 5.41) is 11.4. The zero-order chi connectivity index (χ0) is 38.4. The third kappa shape index (κ3) is 10.3. The van der Waals surface area contributed by atoms with E-state index in [0.29, 0.717) is 38.5 Å². The number of nitrogens with one attached hydrogen (secondary N) is 4. The quantitative estimate of drug-likeness (QED) is 0.150. The molecular weight excluding hydrogens is 671 g/mol. The van der Waals surface area contributed by atoms with Crippen LogP contribution in [0.5, 0.6) is 0 Å². The Hall–Kier alpha value is -2.96. The number of amides is 5. The first kappa shape index (κ1) is 42.5. The van der Waals surface area contributed by atoms with Gasteiger partial charge in [0.25, 0.3) is 5.91 Å². The zero-order valence-corrected chi connectivity index (χ0v) is 33.2. The molecule has 0 aromatic carbocycles. The minimum absolute atomic E-state index is 0.0159. The van der Waals surface area contributed by atoms with Gasteiger partial charge in [0.1, 0.15) is 12.1 Å². The Balaban J connectivity index is 1.95. The molecule has 2 saturated carbocycles. The second kappa shape index (κ2) is 16.8. The van der Waals surface area contributed by atoms with Gasteiger partial charge < -0.3 is 26.2 Å². The summed E-state index contributed by atoms with van der Waals surface area (Å²) in [5.41, 5.74) is -1.87. The Morgan fingerprint density at radius 2 is 1.53 bits per heavy atom. The van der Waals surface area contributed by atoms with Gasteiger partial charge in [0.15, 0.2) is 9.84 Å². The van der Waals surface area contributed by atoms with E-state index in [9.17, 15) is 32.4 Å². The fourth-order valence-corrected chi connectivity index (χ4v) is 9.41. The van der Waals surface area contributed by atoms with Crippen molar-refractivity contribution < 1.29 is 32.4 Å². The van der Waals surface area contributed by atoms with E-state index in [2.05, 4.69) is 27.8 Å². The van der Waals surface area contributed by atoms with E-state index >= 15 is 0 Å². The zero-order valence-electron chi connectivity index (χ0n) is 32.4. The summed E-state index contributed by atoms with van der Waals surface area (Å²) in [6.07, 6.45) is 9.34. The summed E-state index contributed by atoms with van der Waals surface area (Å²) in [6, 6.07) is -3.56. The van der Waals surface area contributed by atoms with Crippen molar-refractivity contribution in [2.24, 2.45) is 16.7 Å². The van der Waals surface area contributed by atoms with Crippen LogP contribution in [0.1, 0.15) is 132 Å². The van der Waals surface area contributed by atoms with E-state index in [1.807, 2.05) is 34.6 Å². The number of urea groups is 1. The van der Waals surface area contributed by atoms with E-state index in [-0.39, 0.29) is 42.5 Å². The van der Waals surface area contributed by atoms with E-state index in [0.717, 1.165) is 32.1 Å². The molecule has 0 spiro atoms. The second-order valence-corrected chi connectivity index (χ2v) is 20.2. The fraction of sp³-hybridized carbons (Fsp3) is 0.816. The number of carbonyl (C=O) groups excluding carboxylic acids is 5. The average Bonchev–Trinajstić information content (AvgIpc) is 3.49. The molecular formula is C38H65N5O7S. The molecule has 2 aliphatic carbocycles. The first-order valence-corrected chi connectivity index (χ1v) is 20.6. The van der Waals surface area contributed by atoms with Gasteiger partial charge in [-0.2, -0.15) is 0 Å². The highest BCUT2D eigenvalue weighted by Crippen LogP contribution is 2.44. The molecule has 1 heterocycles. The lowest BCUT2D eigenvalue weighted by atomic mass is 9.70. The van der Waals surface area contributed by atoms with Crippen LogP contribution in [0.4, 0.5) is 4.79 Å². The van der Waals surface area contributed by atoms with E-state index in [4.69, 9.17) is 0 Å². The predicted octanol–water partition coefficient (Wildman–Crippen LogP) is 4.57. The number of likely N-dealkylation sites (tertiary alicyclic amines) is 1. The Labute approximate surface area is 306 Å². The summed E-state index contributed by atoms with van der Waals surface area (Å²) < 4.78 is 25.8. The molecule has 4 atom stereocenters. The van der Waals surface area contributed by atoms with Crippen LogP contribution in [0, 0.1) is 16.7 Å². The van der Waals surface area contributed by atoms with Crippen molar-refractivity contribution in [1.82, 2.24) is 26.2 Å². The minimum Gasteiger partial charge on any atom is -0.346 e. The maximum absolute atomic E-state index is 14.9. The smallest absolute Gasteiger partial charge is 0.315 e. The monoisotopic (exact) mass is 735 g/mol. The summed E-state index contributed by atoms with van der Waals surface area (Å²) in [7, 11) is -3.57. The number of carbonyl (C=O) groups is 5. The molecule has 13 heteroatoms. The number of ketones is 1. The topological polar surface area (TPSA) is 171 Å². The van der Waals surface area contributed by atoms with Gasteiger partial charge in [-0.05, 0) is 76.0 Å². The molecule has 290 valence electrons. The lowest BCUT2D eigenvalue weighted by Crippen LogP contribution is -2.66. The Morgan fingerprint density at radius 3 is 2.08 bits per heavy atom. The molecule has 1 saturated heterocycles. The summed E-state index contributed by atoms with van der Waals surface area (Å²) in [5.74, 6) is -2.62. The maximum Gasteiger partial charge on any atom is 0.315 e. The van der Waals surface area contributed by atoms with Gasteiger partial charge in [0.05, 0.1) is 22.1 Å². The summed E-state index contributed by atoms with van der Waals surface area (Å²) >= 11 is 0. The molecule has 51 heavy (non-hydrogen) atoms. The highest BCUT2D eigenvalue weighted by atomic mass is 32.2. The molecule has 3 fully saturated rings. The number of hydrogen-bond donors (Lipinski definition) is 4. The van der Waals surface area contributed by atoms with Gasteiger partial charge >= 0.3 is 6.03 Å². The van der Waals surface area contributed by atoms with Crippen molar-refractivity contribution in [3.05, 3.63) is 12.7 Å². The number of sulfone groups is 1. The van der Waals surface area contributed by atoms with E-state index in [1.54, 1.807) is 25.7 Å². The minimum atomic E-state index is -3.57. The molecule has 0 aromatic rings. The molecule has 3 aliphatic rings. The van der Waals surface area contributed by atoms with E-state index in [1.165, 1.54) is 6.08 Å². The van der Waals surface area contributed by atoms with Crippen molar-refractivity contribution >= 4 is 39.4 Å². The van der Waals surface area contributed by atoms with Crippen molar-refractivity contribution in [3.8, 4) is 0 Å². The van der Waals surface area contributed by atoms with Crippen molar-refractivity contribution in [2.45, 2.75) is 161 Å². The summed E-state index contributed by atoms with van der Waals surface area (Å²) in [6.45, 7) is 18.9. The van der Waals surface area contributed by atoms with Crippen LogP contribution in [0.15, 0.2) is 12.7 Å². The lowest BCUT2D eigenvalue weighted by molar-refractivity contribution is -0.151. The molecule has 4 N–H and O–H groups in total. The van der Waals surface area contributed by atoms with Gasteiger partial charge in [0.2, 0.25) is 17.6 Å². The standard InChI is InChI=1S/C38H65N5O7S/c1-10-17-27(29(44)32(46)39-22-11-2)40-31(45)28-23-36(7,8)26(3)24-43(28)33(47)30(37(9)18-15-16-19-37)41-34(48)42-38(20-13-12-14-21-38)25-51(49,50)35(4,5)6/h11,26-28,30H,2,10,12-25H2,1,3-9H3,(H,39,46)(H,40,45)(H2,41,42,48)/t26?,27?,28-,30+/m0/s1. The van der Waals surface area contributed by atoms with Gasteiger partial charge in [0, 0.05) is 13.1 Å². The largest absolute Gasteiger partial charge is 0.346 e. The third-order valence-electron chi connectivity index (χ3n) is 11.9. The Kier molecular flexibility index (Phi) is 14.0. The SMILES string of the molecule is C=CCNC(=O)C(=O)C(CCC)NC(=O)[C@@H]1CC(C)(C)C(C)CN1C(=O)[C@@H](NC(=O)NC1(CS(=O)(=O)C(C)(C)C)CCCCC1)C1(C)CCCC1. The van der Waals surface area contributed by atoms with Crippen LogP contribution >= 0.6 is 0 Å². The van der Waals surface area contributed by atoms with Crippen molar-refractivity contribution in [1.29, 1.82) is 0 Å². The lowest BCUT2D eigenvalue weighted by Gasteiger charge is -2.49. The van der Waals surface area contributed by atoms with Crippen LogP contribution in [-0.4, -0.2) is 90.1 Å². The molecule has 12 nitrogen and oxygen atoms in total. The van der Waals surface area contributed by atoms with E-state index < -0.39 is 67.3 Å². The number of hydrogen-bond acceptors (Lipinski definition) is 7. The van der Waals surface area contributed by atoms with Gasteiger partial charge in [-0.1, -0.05) is 79.2 Å². The molecule has 0 bridgehead atoms. The summed E-state index contributed by atoms with van der Waals surface area (Å²) in [4.78, 5) is 70.2. The normalized spacial score (nSPS) is 24.0. The maximum atomic E-state index is 14.9. The van der Waals surface area contributed by atoms with Crippen molar-refractivity contribution in [3.63, 3.8) is 0 Å². The fourth-order valence-electron chi connectivity index (χ4n) is 7.89. The molecule has 2 unspecified atom stereocenters. The van der Waals surface area contributed by atoms with Gasteiger partial charge in [-0.3, -0.25) is 19.2 Å². The first-order chi connectivity index (χ1) is 23.6. The molecule has 3 rings (SSSR count). The van der Waals surface area contributed by atoms with Crippen LogP contribution in [0.2, 0.25) is 0 Å². The average molecular weight is 736 g/mol. The van der Waals surface area contributed by atoms with Crippen LogP contribution < -0.4 is 21.3 Å². The number of nitrogens with zero attached hydrogens (tertiary/aromatic N) is 1. The van der Waals surface area contributed by atoms with Gasteiger partial charge in [-0.15, -0.1) is 6.58 Å². The van der Waals surface area contributed by atoms with Crippen molar-refractivity contribution in [2.75, 3.05) is 18.8 Å². The Morgan fingerprint density at radius 1 is 0.941 bits per heavy atom. The molecule has 0 radical (unpaired) electrons. The second-order valence-electron chi connectivity index (χ2n) is 17.4. The third-order valence-corrected chi connectivity index (χ3v) is 14.7. The van der Waals surface area contributed by atoms with Crippen LogP contribution in [-0.2, 0) is 29.0 Å². The number of rotatable bonds is 14. The van der Waals surface area contributed by atoms with Gasteiger partial charge in [-0.25, -0.2) is 13.2 Å². The van der Waals surface area contributed by atoms with Crippen LogP contribution in [0.3, 0.4) is 0 Å². The highest BCUT2D eigenvalue weighted by Gasteiger charge is 2.51. The highest BCUT2D eigenvalue weighted by molar-refractivity contribution is 7.92. The predicted molar refractivity (Wildman–Crippen MR) is 200 cm³/mol.